The predicted molar refractivity (Wildman–Crippen MR) is 97.8 cm³/mol. The van der Waals surface area contributed by atoms with E-state index in [9.17, 15) is 9.59 Å². The summed E-state index contributed by atoms with van der Waals surface area (Å²) in [6, 6.07) is 3.71. The molecule has 0 aliphatic carbocycles. The highest BCUT2D eigenvalue weighted by molar-refractivity contribution is 7.14. The molecule has 2 amide bonds. The maximum atomic E-state index is 12.5. The van der Waals surface area contributed by atoms with E-state index in [1.54, 1.807) is 4.90 Å². The molecule has 0 spiro atoms. The Balaban J connectivity index is 1.61. The lowest BCUT2D eigenvalue weighted by atomic mass is 9.97. The van der Waals surface area contributed by atoms with Gasteiger partial charge in [-0.15, -0.1) is 22.7 Å². The van der Waals surface area contributed by atoms with Crippen LogP contribution < -0.4 is 5.32 Å². The zero-order valence-corrected chi connectivity index (χ0v) is 15.5. The van der Waals surface area contributed by atoms with Crippen LogP contribution in [0, 0.1) is 5.92 Å². The summed E-state index contributed by atoms with van der Waals surface area (Å²) in [5.74, 6) is 0.164. The molecule has 7 heteroatoms. The van der Waals surface area contributed by atoms with E-state index >= 15 is 0 Å². The van der Waals surface area contributed by atoms with E-state index in [0.29, 0.717) is 17.6 Å². The van der Waals surface area contributed by atoms with Crippen LogP contribution in [0.4, 0.5) is 5.13 Å². The minimum atomic E-state index is -0.172. The average Bonchev–Trinajstić information content (AvgIpc) is 3.26. The number of piperidine rings is 1. The molecule has 3 rings (SSSR count). The van der Waals surface area contributed by atoms with Crippen molar-refractivity contribution in [2.45, 2.75) is 32.6 Å². The van der Waals surface area contributed by atoms with Crippen LogP contribution in [0.25, 0.3) is 0 Å². The Bertz CT molecular complexity index is 709. The standard InChI is InChI=1S/C17H21N3O2S2/c1-11(2)13-10-24-17(18-13)19-15(21)12-5-3-7-20(9-12)16(22)14-6-4-8-23-14/h4,6,8,10-12H,3,5,7,9H2,1-2H3,(H,18,19,21). The van der Waals surface area contributed by atoms with Gasteiger partial charge in [0.05, 0.1) is 16.5 Å². The normalized spacial score (nSPS) is 18.0. The van der Waals surface area contributed by atoms with Crippen LogP contribution in [-0.4, -0.2) is 34.8 Å². The summed E-state index contributed by atoms with van der Waals surface area (Å²) in [5, 5.41) is 7.44. The summed E-state index contributed by atoms with van der Waals surface area (Å²) in [4.78, 5) is 32.0. The first-order valence-corrected chi connectivity index (χ1v) is 9.89. The molecule has 5 nitrogen and oxygen atoms in total. The molecule has 128 valence electrons. The molecule has 1 atom stereocenters. The first kappa shape index (κ1) is 17.1. The first-order chi connectivity index (χ1) is 11.5. The number of rotatable bonds is 4. The Labute approximate surface area is 149 Å². The molecule has 2 aromatic rings. The predicted octanol–water partition coefficient (Wildman–Crippen LogP) is 3.82. The molecule has 0 aromatic carbocycles. The monoisotopic (exact) mass is 363 g/mol. The summed E-state index contributed by atoms with van der Waals surface area (Å²) >= 11 is 2.90. The van der Waals surface area contributed by atoms with Gasteiger partial charge in [0, 0.05) is 18.5 Å². The van der Waals surface area contributed by atoms with Gasteiger partial charge < -0.3 is 10.2 Å². The number of anilines is 1. The van der Waals surface area contributed by atoms with Gasteiger partial charge in [-0.1, -0.05) is 19.9 Å². The van der Waals surface area contributed by atoms with Crippen LogP contribution in [0.5, 0.6) is 0 Å². The van der Waals surface area contributed by atoms with Crippen LogP contribution in [0.2, 0.25) is 0 Å². The Morgan fingerprint density at radius 3 is 2.88 bits per heavy atom. The van der Waals surface area contributed by atoms with Gasteiger partial charge in [0.2, 0.25) is 5.91 Å². The number of thiophene rings is 1. The number of likely N-dealkylation sites (tertiary alicyclic amines) is 1. The number of carbonyl (C=O) groups excluding carboxylic acids is 2. The maximum Gasteiger partial charge on any atom is 0.263 e. The van der Waals surface area contributed by atoms with Crippen molar-refractivity contribution in [1.82, 2.24) is 9.88 Å². The van der Waals surface area contributed by atoms with Crippen LogP contribution in [0.15, 0.2) is 22.9 Å². The van der Waals surface area contributed by atoms with Crippen molar-refractivity contribution in [2.24, 2.45) is 5.92 Å². The molecule has 24 heavy (non-hydrogen) atoms. The average molecular weight is 364 g/mol. The lowest BCUT2D eigenvalue weighted by Gasteiger charge is -2.31. The van der Waals surface area contributed by atoms with Crippen molar-refractivity contribution in [2.75, 3.05) is 18.4 Å². The van der Waals surface area contributed by atoms with Gasteiger partial charge in [0.1, 0.15) is 0 Å². The van der Waals surface area contributed by atoms with Gasteiger partial charge in [0.25, 0.3) is 5.91 Å². The second-order valence-corrected chi connectivity index (χ2v) is 8.09. The maximum absolute atomic E-state index is 12.5. The number of nitrogens with zero attached hydrogens (tertiary/aromatic N) is 2. The molecule has 2 aromatic heterocycles. The summed E-state index contributed by atoms with van der Waals surface area (Å²) in [6.45, 7) is 5.35. The smallest absolute Gasteiger partial charge is 0.263 e. The van der Waals surface area contributed by atoms with Crippen LogP contribution >= 0.6 is 22.7 Å². The SMILES string of the molecule is CC(C)c1csc(NC(=O)C2CCCN(C(=O)c3cccs3)C2)n1. The highest BCUT2D eigenvalue weighted by Gasteiger charge is 2.29. The summed E-state index contributed by atoms with van der Waals surface area (Å²) < 4.78 is 0. The lowest BCUT2D eigenvalue weighted by Crippen LogP contribution is -2.43. The number of nitrogens with one attached hydrogen (secondary N) is 1. The fourth-order valence-electron chi connectivity index (χ4n) is 2.75. The molecule has 0 bridgehead atoms. The number of aromatic nitrogens is 1. The van der Waals surface area contributed by atoms with E-state index in [0.717, 1.165) is 30.0 Å². The van der Waals surface area contributed by atoms with Crippen molar-refractivity contribution in [3.63, 3.8) is 0 Å². The molecular formula is C17H21N3O2S2. The Hall–Kier alpha value is -1.73. The largest absolute Gasteiger partial charge is 0.337 e. The lowest BCUT2D eigenvalue weighted by molar-refractivity contribution is -0.121. The van der Waals surface area contributed by atoms with Crippen LogP contribution in [-0.2, 0) is 4.79 Å². The Kier molecular flexibility index (Phi) is 5.30. The highest BCUT2D eigenvalue weighted by Crippen LogP contribution is 2.24. The van der Waals surface area contributed by atoms with E-state index in [1.807, 2.05) is 22.9 Å². The molecule has 1 aliphatic heterocycles. The van der Waals surface area contributed by atoms with Crippen molar-refractivity contribution in [3.05, 3.63) is 33.5 Å². The molecule has 0 radical (unpaired) electrons. The Morgan fingerprint density at radius 1 is 1.38 bits per heavy atom. The topological polar surface area (TPSA) is 62.3 Å². The number of hydrogen-bond donors (Lipinski definition) is 1. The zero-order valence-electron chi connectivity index (χ0n) is 13.8. The van der Waals surface area contributed by atoms with Crippen molar-refractivity contribution < 1.29 is 9.59 Å². The van der Waals surface area contributed by atoms with Gasteiger partial charge in [-0.3, -0.25) is 9.59 Å². The number of hydrogen-bond acceptors (Lipinski definition) is 5. The molecular weight excluding hydrogens is 342 g/mol. The van der Waals surface area contributed by atoms with E-state index in [4.69, 9.17) is 0 Å². The van der Waals surface area contributed by atoms with Crippen LogP contribution in [0.3, 0.4) is 0 Å². The fourth-order valence-corrected chi connectivity index (χ4v) is 4.31. The number of amides is 2. The zero-order chi connectivity index (χ0) is 17.1. The molecule has 1 fully saturated rings. The van der Waals surface area contributed by atoms with Gasteiger partial charge >= 0.3 is 0 Å². The van der Waals surface area contributed by atoms with Crippen molar-refractivity contribution in [1.29, 1.82) is 0 Å². The molecule has 3 heterocycles. The minimum absolute atomic E-state index is 0.0267. The van der Waals surface area contributed by atoms with Crippen molar-refractivity contribution >= 4 is 39.6 Å². The van der Waals surface area contributed by atoms with Crippen molar-refractivity contribution in [3.8, 4) is 0 Å². The quantitative estimate of drug-likeness (QED) is 0.898. The van der Waals surface area contributed by atoms with E-state index < -0.39 is 0 Å². The number of carbonyl (C=O) groups is 2. The summed E-state index contributed by atoms with van der Waals surface area (Å²) in [5.41, 5.74) is 0.994. The molecule has 1 aliphatic rings. The van der Waals surface area contributed by atoms with E-state index in [1.165, 1.54) is 22.7 Å². The molecule has 0 saturated carbocycles. The Morgan fingerprint density at radius 2 is 2.21 bits per heavy atom. The second-order valence-electron chi connectivity index (χ2n) is 6.29. The van der Waals surface area contributed by atoms with Gasteiger partial charge in [-0.05, 0) is 30.2 Å². The molecule has 1 unspecified atom stereocenters. The second kappa shape index (κ2) is 7.44. The third kappa shape index (κ3) is 3.84. The first-order valence-electron chi connectivity index (χ1n) is 8.13. The third-order valence-electron chi connectivity index (χ3n) is 4.15. The molecule has 1 N–H and O–H groups in total. The third-order valence-corrected chi connectivity index (χ3v) is 5.79. The van der Waals surface area contributed by atoms with E-state index in [-0.39, 0.29) is 17.7 Å². The molecule has 1 saturated heterocycles. The number of thiazole rings is 1. The van der Waals surface area contributed by atoms with Crippen LogP contribution in [0.1, 0.15) is 48.0 Å². The summed E-state index contributed by atoms with van der Waals surface area (Å²) in [7, 11) is 0. The fraction of sp³-hybridized carbons (Fsp3) is 0.471. The van der Waals surface area contributed by atoms with Gasteiger partial charge in [-0.2, -0.15) is 0 Å². The minimum Gasteiger partial charge on any atom is -0.337 e. The highest BCUT2D eigenvalue weighted by atomic mass is 32.1. The van der Waals surface area contributed by atoms with Gasteiger partial charge in [0.15, 0.2) is 5.13 Å². The van der Waals surface area contributed by atoms with Gasteiger partial charge in [-0.25, -0.2) is 4.98 Å². The summed E-state index contributed by atoms with van der Waals surface area (Å²) in [6.07, 6.45) is 1.66. The van der Waals surface area contributed by atoms with E-state index in [2.05, 4.69) is 24.1 Å².